The predicted octanol–water partition coefficient (Wildman–Crippen LogP) is 3.92. The van der Waals surface area contributed by atoms with Gasteiger partial charge in [0.05, 0.1) is 16.9 Å². The molecule has 0 saturated heterocycles. The third-order valence-electron chi connectivity index (χ3n) is 4.58. The highest BCUT2D eigenvalue weighted by Crippen LogP contribution is 2.25. The standard InChI is InChI=1S/C23H21N5O/c29-23(28-14-3-13-25-19-4-1-11-24-16-19)18-8-6-17(7-9-18)22-20-5-2-12-26-21(20)10-15-27-22/h1-2,4-12,15-16,25H,3,13-14H2,(H,28,29). The molecule has 4 rings (SSSR count). The van der Waals surface area contributed by atoms with Crippen molar-refractivity contribution in [2.75, 3.05) is 18.4 Å². The van der Waals surface area contributed by atoms with Crippen LogP contribution in [0.25, 0.3) is 22.2 Å². The molecule has 0 aliphatic rings. The maximum absolute atomic E-state index is 12.4. The van der Waals surface area contributed by atoms with E-state index in [1.165, 1.54) is 0 Å². The summed E-state index contributed by atoms with van der Waals surface area (Å²) in [4.78, 5) is 25.3. The molecular weight excluding hydrogens is 362 g/mol. The van der Waals surface area contributed by atoms with Gasteiger partial charge >= 0.3 is 0 Å². The number of hydrogen-bond acceptors (Lipinski definition) is 5. The Morgan fingerprint density at radius 2 is 1.72 bits per heavy atom. The number of rotatable bonds is 7. The smallest absolute Gasteiger partial charge is 0.251 e. The highest BCUT2D eigenvalue weighted by molar-refractivity contribution is 5.96. The van der Waals surface area contributed by atoms with Gasteiger partial charge in [0.15, 0.2) is 0 Å². The summed E-state index contributed by atoms with van der Waals surface area (Å²) in [5, 5.41) is 7.22. The lowest BCUT2D eigenvalue weighted by Gasteiger charge is -2.08. The average molecular weight is 383 g/mol. The Hall–Kier alpha value is -3.80. The van der Waals surface area contributed by atoms with Gasteiger partial charge in [0.25, 0.3) is 5.91 Å². The molecule has 0 aliphatic heterocycles. The molecule has 2 N–H and O–H groups in total. The van der Waals surface area contributed by atoms with Gasteiger partial charge in [-0.05, 0) is 48.9 Å². The van der Waals surface area contributed by atoms with Crippen molar-refractivity contribution in [2.45, 2.75) is 6.42 Å². The fourth-order valence-electron chi connectivity index (χ4n) is 3.10. The summed E-state index contributed by atoms with van der Waals surface area (Å²) in [5.41, 5.74) is 4.34. The SMILES string of the molecule is O=C(NCCCNc1cccnc1)c1ccc(-c2nccc3ncccc23)cc1. The first-order valence-electron chi connectivity index (χ1n) is 9.53. The predicted molar refractivity (Wildman–Crippen MR) is 115 cm³/mol. The van der Waals surface area contributed by atoms with Crippen LogP contribution >= 0.6 is 0 Å². The Balaban J connectivity index is 1.33. The number of carbonyl (C=O) groups is 1. The zero-order valence-electron chi connectivity index (χ0n) is 15.9. The van der Waals surface area contributed by atoms with Gasteiger partial charge in [-0.3, -0.25) is 19.7 Å². The van der Waals surface area contributed by atoms with E-state index in [4.69, 9.17) is 0 Å². The summed E-state index contributed by atoms with van der Waals surface area (Å²) < 4.78 is 0. The van der Waals surface area contributed by atoms with E-state index in [1.807, 2.05) is 54.6 Å². The first kappa shape index (κ1) is 18.6. The average Bonchev–Trinajstić information content (AvgIpc) is 2.79. The number of aromatic nitrogens is 3. The fourth-order valence-corrected chi connectivity index (χ4v) is 3.10. The molecule has 0 spiro atoms. The van der Waals surface area contributed by atoms with Gasteiger partial charge < -0.3 is 10.6 Å². The number of nitrogens with one attached hydrogen (secondary N) is 2. The van der Waals surface area contributed by atoms with Crippen LogP contribution in [-0.4, -0.2) is 33.9 Å². The number of anilines is 1. The minimum absolute atomic E-state index is 0.0783. The van der Waals surface area contributed by atoms with Crippen molar-refractivity contribution in [1.82, 2.24) is 20.3 Å². The second-order valence-corrected chi connectivity index (χ2v) is 6.58. The van der Waals surface area contributed by atoms with Gasteiger partial charge in [0.2, 0.25) is 0 Å². The van der Waals surface area contributed by atoms with Crippen molar-refractivity contribution in [2.24, 2.45) is 0 Å². The lowest BCUT2D eigenvalue weighted by molar-refractivity contribution is 0.0953. The molecule has 0 bridgehead atoms. The maximum Gasteiger partial charge on any atom is 0.251 e. The first-order chi connectivity index (χ1) is 14.3. The van der Waals surface area contributed by atoms with E-state index in [2.05, 4.69) is 25.6 Å². The summed E-state index contributed by atoms with van der Waals surface area (Å²) in [6, 6.07) is 17.2. The normalized spacial score (nSPS) is 10.6. The molecule has 3 heterocycles. The summed E-state index contributed by atoms with van der Waals surface area (Å²) in [5.74, 6) is -0.0783. The van der Waals surface area contributed by atoms with Crippen LogP contribution in [0.3, 0.4) is 0 Å². The Labute approximate surface area is 169 Å². The van der Waals surface area contributed by atoms with Gasteiger partial charge in [-0.15, -0.1) is 0 Å². The number of fused-ring (bicyclic) bond motifs is 1. The van der Waals surface area contributed by atoms with Crippen molar-refractivity contribution in [3.8, 4) is 11.3 Å². The maximum atomic E-state index is 12.4. The lowest BCUT2D eigenvalue weighted by Crippen LogP contribution is -2.25. The Bertz CT molecular complexity index is 1090. The van der Waals surface area contributed by atoms with Gasteiger partial charge in [0.1, 0.15) is 0 Å². The molecule has 0 fully saturated rings. The van der Waals surface area contributed by atoms with Crippen LogP contribution in [0.1, 0.15) is 16.8 Å². The van der Waals surface area contributed by atoms with E-state index in [0.29, 0.717) is 12.1 Å². The summed E-state index contributed by atoms with van der Waals surface area (Å²) in [6.07, 6.45) is 7.87. The van der Waals surface area contributed by atoms with E-state index < -0.39 is 0 Å². The molecule has 0 aliphatic carbocycles. The number of hydrogen-bond donors (Lipinski definition) is 2. The van der Waals surface area contributed by atoms with Crippen LogP contribution in [0.4, 0.5) is 5.69 Å². The quantitative estimate of drug-likeness (QED) is 0.473. The molecule has 1 amide bonds. The highest BCUT2D eigenvalue weighted by Gasteiger charge is 2.08. The molecule has 3 aromatic heterocycles. The highest BCUT2D eigenvalue weighted by atomic mass is 16.1. The summed E-state index contributed by atoms with van der Waals surface area (Å²) in [6.45, 7) is 1.37. The van der Waals surface area contributed by atoms with E-state index in [1.54, 1.807) is 24.8 Å². The molecule has 144 valence electrons. The molecule has 4 aromatic rings. The second kappa shape index (κ2) is 8.93. The zero-order chi connectivity index (χ0) is 19.9. The van der Waals surface area contributed by atoms with E-state index in [9.17, 15) is 4.79 Å². The van der Waals surface area contributed by atoms with Gasteiger partial charge in [0, 0.05) is 54.4 Å². The van der Waals surface area contributed by atoms with Crippen molar-refractivity contribution >= 4 is 22.5 Å². The number of carbonyl (C=O) groups excluding carboxylic acids is 1. The third-order valence-corrected chi connectivity index (χ3v) is 4.58. The molecule has 0 radical (unpaired) electrons. The lowest BCUT2D eigenvalue weighted by atomic mass is 10.0. The minimum atomic E-state index is -0.0783. The Morgan fingerprint density at radius 3 is 2.55 bits per heavy atom. The minimum Gasteiger partial charge on any atom is -0.384 e. The fraction of sp³-hybridized carbons (Fsp3) is 0.130. The van der Waals surface area contributed by atoms with Crippen LogP contribution in [0.2, 0.25) is 0 Å². The number of pyridine rings is 3. The van der Waals surface area contributed by atoms with E-state index in [-0.39, 0.29) is 5.91 Å². The van der Waals surface area contributed by atoms with Gasteiger partial charge in [-0.25, -0.2) is 0 Å². The monoisotopic (exact) mass is 383 g/mol. The number of nitrogens with zero attached hydrogens (tertiary/aromatic N) is 3. The topological polar surface area (TPSA) is 79.8 Å². The van der Waals surface area contributed by atoms with Gasteiger partial charge in [-0.1, -0.05) is 12.1 Å². The van der Waals surface area contributed by atoms with Crippen LogP contribution in [0.15, 0.2) is 79.4 Å². The van der Waals surface area contributed by atoms with Crippen LogP contribution < -0.4 is 10.6 Å². The van der Waals surface area contributed by atoms with Crippen molar-refractivity contribution in [3.63, 3.8) is 0 Å². The Morgan fingerprint density at radius 1 is 0.862 bits per heavy atom. The largest absolute Gasteiger partial charge is 0.384 e. The second-order valence-electron chi connectivity index (χ2n) is 6.58. The molecular formula is C23H21N5O. The molecule has 6 heteroatoms. The van der Waals surface area contributed by atoms with Crippen molar-refractivity contribution in [1.29, 1.82) is 0 Å². The molecule has 0 unspecified atom stereocenters. The summed E-state index contributed by atoms with van der Waals surface area (Å²) in [7, 11) is 0. The molecule has 1 aromatic carbocycles. The Kier molecular flexibility index (Phi) is 5.71. The molecule has 0 atom stereocenters. The van der Waals surface area contributed by atoms with E-state index in [0.717, 1.165) is 40.8 Å². The van der Waals surface area contributed by atoms with Crippen molar-refractivity contribution in [3.05, 3.63) is 84.9 Å². The van der Waals surface area contributed by atoms with Gasteiger partial charge in [-0.2, -0.15) is 0 Å². The number of benzene rings is 1. The van der Waals surface area contributed by atoms with Crippen LogP contribution in [0, 0.1) is 0 Å². The molecule has 29 heavy (non-hydrogen) atoms. The molecule has 0 saturated carbocycles. The van der Waals surface area contributed by atoms with Crippen LogP contribution in [-0.2, 0) is 0 Å². The molecule has 6 nitrogen and oxygen atoms in total. The third kappa shape index (κ3) is 4.55. The van der Waals surface area contributed by atoms with Crippen molar-refractivity contribution < 1.29 is 4.79 Å². The first-order valence-corrected chi connectivity index (χ1v) is 9.53. The van der Waals surface area contributed by atoms with Crippen LogP contribution in [0.5, 0.6) is 0 Å². The zero-order valence-corrected chi connectivity index (χ0v) is 15.9. The number of amides is 1. The summed E-state index contributed by atoms with van der Waals surface area (Å²) >= 11 is 0. The van der Waals surface area contributed by atoms with E-state index >= 15 is 0 Å².